The van der Waals surface area contributed by atoms with Gasteiger partial charge in [-0.25, -0.2) is 4.79 Å². The van der Waals surface area contributed by atoms with Crippen LogP contribution in [0.15, 0.2) is 48.8 Å². The summed E-state index contributed by atoms with van der Waals surface area (Å²) >= 11 is 0. The van der Waals surface area contributed by atoms with E-state index in [0.29, 0.717) is 12.2 Å². The van der Waals surface area contributed by atoms with Crippen molar-refractivity contribution in [2.75, 3.05) is 5.32 Å². The van der Waals surface area contributed by atoms with Crippen LogP contribution in [0.5, 0.6) is 0 Å². The van der Waals surface area contributed by atoms with Crippen molar-refractivity contribution in [1.82, 2.24) is 4.98 Å². The number of carbonyl (C=O) groups is 1. The van der Waals surface area contributed by atoms with Crippen LogP contribution in [0.3, 0.4) is 0 Å². The molecular weight excluding hydrogens is 216 g/mol. The van der Waals surface area contributed by atoms with Crippen molar-refractivity contribution >= 4 is 11.7 Å². The molecule has 2 rings (SSSR count). The first-order valence-corrected chi connectivity index (χ1v) is 5.22. The Balaban J connectivity index is 2.12. The topological polar surface area (TPSA) is 62.2 Å². The molecule has 0 aliphatic rings. The summed E-state index contributed by atoms with van der Waals surface area (Å²) in [6.45, 7) is 0.588. The summed E-state index contributed by atoms with van der Waals surface area (Å²) in [6.07, 6.45) is 2.91. The second kappa shape index (κ2) is 5.12. The molecule has 0 unspecified atom stereocenters. The van der Waals surface area contributed by atoms with Gasteiger partial charge in [-0.2, -0.15) is 0 Å². The Bertz CT molecular complexity index is 512. The number of nitrogens with one attached hydrogen (secondary N) is 1. The molecule has 1 aromatic carbocycles. The van der Waals surface area contributed by atoms with E-state index < -0.39 is 5.97 Å². The van der Waals surface area contributed by atoms with Gasteiger partial charge in [0.15, 0.2) is 0 Å². The summed E-state index contributed by atoms with van der Waals surface area (Å²) in [4.78, 5) is 14.8. The lowest BCUT2D eigenvalue weighted by molar-refractivity contribution is 0.0697. The summed E-state index contributed by atoms with van der Waals surface area (Å²) in [5.74, 6) is -0.978. The molecule has 86 valence electrons. The molecule has 2 N–H and O–H groups in total. The van der Waals surface area contributed by atoms with Gasteiger partial charge in [0.05, 0.1) is 5.69 Å². The highest BCUT2D eigenvalue weighted by molar-refractivity contribution is 5.93. The molecule has 17 heavy (non-hydrogen) atoms. The van der Waals surface area contributed by atoms with E-state index >= 15 is 0 Å². The molecule has 4 heteroatoms. The Hall–Kier alpha value is -2.36. The molecule has 2 aromatic rings. The molecule has 0 atom stereocenters. The number of rotatable bonds is 4. The van der Waals surface area contributed by atoms with E-state index in [-0.39, 0.29) is 5.56 Å². The predicted octanol–water partition coefficient (Wildman–Crippen LogP) is 2.39. The van der Waals surface area contributed by atoms with E-state index in [1.54, 1.807) is 12.3 Å². The number of hydrogen-bond donors (Lipinski definition) is 2. The normalized spacial score (nSPS) is 9.88. The van der Waals surface area contributed by atoms with E-state index in [1.165, 1.54) is 6.20 Å². The molecule has 0 radical (unpaired) electrons. The maximum absolute atomic E-state index is 11.0. The summed E-state index contributed by atoms with van der Waals surface area (Å²) in [5.41, 5.74) is 1.86. The largest absolute Gasteiger partial charge is 0.478 e. The van der Waals surface area contributed by atoms with Gasteiger partial charge >= 0.3 is 5.97 Å². The molecule has 0 aliphatic carbocycles. The fraction of sp³-hybridized carbons (Fsp3) is 0.0769. The highest BCUT2D eigenvalue weighted by atomic mass is 16.4. The van der Waals surface area contributed by atoms with Gasteiger partial charge in [-0.1, -0.05) is 30.3 Å². The lowest BCUT2D eigenvalue weighted by atomic mass is 10.2. The van der Waals surface area contributed by atoms with Crippen LogP contribution in [0.4, 0.5) is 5.69 Å². The van der Waals surface area contributed by atoms with Crippen LogP contribution in [-0.4, -0.2) is 16.1 Å². The van der Waals surface area contributed by atoms with Crippen LogP contribution in [-0.2, 0) is 6.54 Å². The SMILES string of the molecule is O=C(O)c1cnccc1NCc1ccccc1. The van der Waals surface area contributed by atoms with E-state index in [2.05, 4.69) is 10.3 Å². The zero-order chi connectivity index (χ0) is 12.1. The number of pyridine rings is 1. The molecule has 1 heterocycles. The van der Waals surface area contributed by atoms with Crippen molar-refractivity contribution in [3.63, 3.8) is 0 Å². The highest BCUT2D eigenvalue weighted by Gasteiger charge is 2.08. The number of aromatic carboxylic acids is 1. The first kappa shape index (κ1) is 11.1. The van der Waals surface area contributed by atoms with Gasteiger partial charge < -0.3 is 10.4 Å². The molecule has 1 aromatic heterocycles. The second-order valence-corrected chi connectivity index (χ2v) is 3.57. The summed E-state index contributed by atoms with van der Waals surface area (Å²) < 4.78 is 0. The molecule has 0 saturated heterocycles. The van der Waals surface area contributed by atoms with Crippen LogP contribution in [0.2, 0.25) is 0 Å². The second-order valence-electron chi connectivity index (χ2n) is 3.57. The molecule has 0 saturated carbocycles. The first-order chi connectivity index (χ1) is 8.27. The number of carboxylic acid groups (broad SMARTS) is 1. The maximum Gasteiger partial charge on any atom is 0.339 e. The van der Waals surface area contributed by atoms with Crippen molar-refractivity contribution in [2.24, 2.45) is 0 Å². The lowest BCUT2D eigenvalue weighted by Gasteiger charge is -2.08. The van der Waals surface area contributed by atoms with Crippen LogP contribution < -0.4 is 5.32 Å². The molecular formula is C13H12N2O2. The fourth-order valence-electron chi connectivity index (χ4n) is 1.51. The highest BCUT2D eigenvalue weighted by Crippen LogP contribution is 2.14. The average Bonchev–Trinajstić information content (AvgIpc) is 2.38. The van der Waals surface area contributed by atoms with E-state index in [4.69, 9.17) is 5.11 Å². The van der Waals surface area contributed by atoms with Crippen LogP contribution in [0.1, 0.15) is 15.9 Å². The monoisotopic (exact) mass is 228 g/mol. The standard InChI is InChI=1S/C13H12N2O2/c16-13(17)11-9-14-7-6-12(11)15-8-10-4-2-1-3-5-10/h1-7,9H,8H2,(H,14,15)(H,16,17). The molecule has 4 nitrogen and oxygen atoms in total. The zero-order valence-corrected chi connectivity index (χ0v) is 9.13. The first-order valence-electron chi connectivity index (χ1n) is 5.22. The van der Waals surface area contributed by atoms with Crippen LogP contribution in [0.25, 0.3) is 0 Å². The number of carboxylic acids is 1. The van der Waals surface area contributed by atoms with Gasteiger partial charge in [0.25, 0.3) is 0 Å². The fourth-order valence-corrected chi connectivity index (χ4v) is 1.51. The Labute approximate surface area is 98.9 Å². The van der Waals surface area contributed by atoms with Gasteiger partial charge in [-0.3, -0.25) is 4.98 Å². The third-order valence-electron chi connectivity index (χ3n) is 2.38. The van der Waals surface area contributed by atoms with Crippen molar-refractivity contribution in [3.8, 4) is 0 Å². The lowest BCUT2D eigenvalue weighted by Crippen LogP contribution is -2.06. The minimum atomic E-state index is -0.978. The quantitative estimate of drug-likeness (QED) is 0.843. The molecule has 0 fully saturated rings. The van der Waals surface area contributed by atoms with Gasteiger partial charge in [-0.15, -0.1) is 0 Å². The third kappa shape index (κ3) is 2.81. The molecule has 0 amide bonds. The maximum atomic E-state index is 11.0. The Morgan fingerprint density at radius 3 is 2.71 bits per heavy atom. The number of benzene rings is 1. The number of hydrogen-bond acceptors (Lipinski definition) is 3. The zero-order valence-electron chi connectivity index (χ0n) is 9.13. The summed E-state index contributed by atoms with van der Waals surface area (Å²) in [5, 5.41) is 12.1. The van der Waals surface area contributed by atoms with E-state index in [9.17, 15) is 4.79 Å². The summed E-state index contributed by atoms with van der Waals surface area (Å²) in [7, 11) is 0. The van der Waals surface area contributed by atoms with Gasteiger partial charge in [0, 0.05) is 18.9 Å². The Morgan fingerprint density at radius 1 is 1.24 bits per heavy atom. The summed E-state index contributed by atoms with van der Waals surface area (Å²) in [6, 6.07) is 11.5. The average molecular weight is 228 g/mol. The number of anilines is 1. The minimum Gasteiger partial charge on any atom is -0.478 e. The third-order valence-corrected chi connectivity index (χ3v) is 2.38. The van der Waals surface area contributed by atoms with E-state index in [1.807, 2.05) is 30.3 Å². The van der Waals surface area contributed by atoms with Crippen molar-refractivity contribution in [3.05, 3.63) is 59.9 Å². The Morgan fingerprint density at radius 2 is 2.00 bits per heavy atom. The molecule has 0 spiro atoms. The molecule has 0 aliphatic heterocycles. The molecule has 0 bridgehead atoms. The smallest absolute Gasteiger partial charge is 0.339 e. The minimum absolute atomic E-state index is 0.184. The predicted molar refractivity (Wildman–Crippen MR) is 65.0 cm³/mol. The Kier molecular flexibility index (Phi) is 3.35. The van der Waals surface area contributed by atoms with Gasteiger partial charge in [-0.05, 0) is 11.6 Å². The van der Waals surface area contributed by atoms with Gasteiger partial charge in [0.2, 0.25) is 0 Å². The van der Waals surface area contributed by atoms with Crippen LogP contribution >= 0.6 is 0 Å². The van der Waals surface area contributed by atoms with Crippen molar-refractivity contribution < 1.29 is 9.90 Å². The van der Waals surface area contributed by atoms with Crippen molar-refractivity contribution in [1.29, 1.82) is 0 Å². The van der Waals surface area contributed by atoms with Crippen LogP contribution in [0, 0.1) is 0 Å². The number of aromatic nitrogens is 1. The van der Waals surface area contributed by atoms with Crippen molar-refractivity contribution in [2.45, 2.75) is 6.54 Å². The van der Waals surface area contributed by atoms with Gasteiger partial charge in [0.1, 0.15) is 5.56 Å². The number of nitrogens with zero attached hydrogens (tertiary/aromatic N) is 1. The van der Waals surface area contributed by atoms with E-state index in [0.717, 1.165) is 5.56 Å².